The molecule has 1 unspecified atom stereocenters. The van der Waals surface area contributed by atoms with Gasteiger partial charge in [-0.25, -0.2) is 4.98 Å². The number of hydrogen-bond donors (Lipinski definition) is 1. The molecule has 0 spiro atoms. The first-order valence-electron chi connectivity index (χ1n) is 8.24. The van der Waals surface area contributed by atoms with E-state index in [1.807, 2.05) is 30.3 Å². The Morgan fingerprint density at radius 3 is 2.38 bits per heavy atom. The third kappa shape index (κ3) is 4.26. The molecule has 0 amide bonds. The van der Waals surface area contributed by atoms with Crippen molar-refractivity contribution in [2.75, 3.05) is 7.11 Å². The van der Waals surface area contributed by atoms with Gasteiger partial charge in [-0.15, -0.1) is 0 Å². The van der Waals surface area contributed by atoms with Crippen LogP contribution in [0.4, 0.5) is 0 Å². The minimum absolute atomic E-state index is 0.174. The minimum atomic E-state index is -0.774. The molecule has 0 bridgehead atoms. The van der Waals surface area contributed by atoms with Crippen molar-refractivity contribution in [1.29, 1.82) is 0 Å². The first kappa shape index (κ1) is 17.6. The SMILES string of the molecule is COc1ccc(C(N)C(=O)c2ccc(OCc3ccccc3)cc2)cn1. The molecule has 0 aliphatic heterocycles. The maximum atomic E-state index is 12.6. The van der Waals surface area contributed by atoms with Crippen molar-refractivity contribution in [3.63, 3.8) is 0 Å². The monoisotopic (exact) mass is 348 g/mol. The lowest BCUT2D eigenvalue weighted by atomic mass is 9.99. The molecule has 0 saturated carbocycles. The zero-order valence-electron chi connectivity index (χ0n) is 14.5. The standard InChI is InChI=1S/C21H20N2O3/c1-25-19-12-9-17(13-23-19)20(22)21(24)16-7-10-18(11-8-16)26-14-15-5-3-2-4-6-15/h2-13,20H,14,22H2,1H3. The average molecular weight is 348 g/mol. The molecule has 1 atom stereocenters. The number of ether oxygens (including phenoxy) is 2. The maximum Gasteiger partial charge on any atom is 0.212 e. The van der Waals surface area contributed by atoms with Crippen LogP contribution in [-0.2, 0) is 6.61 Å². The van der Waals surface area contributed by atoms with Crippen molar-refractivity contribution in [1.82, 2.24) is 4.98 Å². The van der Waals surface area contributed by atoms with Crippen molar-refractivity contribution < 1.29 is 14.3 Å². The number of aromatic nitrogens is 1. The normalized spacial score (nSPS) is 11.6. The van der Waals surface area contributed by atoms with Gasteiger partial charge in [0.25, 0.3) is 0 Å². The number of methoxy groups -OCH3 is 1. The Morgan fingerprint density at radius 2 is 1.77 bits per heavy atom. The van der Waals surface area contributed by atoms with E-state index in [4.69, 9.17) is 15.2 Å². The number of ketones is 1. The number of hydrogen-bond acceptors (Lipinski definition) is 5. The molecule has 3 rings (SSSR count). The molecule has 1 heterocycles. The van der Waals surface area contributed by atoms with Gasteiger partial charge in [0, 0.05) is 17.8 Å². The smallest absolute Gasteiger partial charge is 0.212 e. The van der Waals surface area contributed by atoms with Gasteiger partial charge in [-0.1, -0.05) is 36.4 Å². The number of Topliss-reactive ketones (excluding diaryl/α,β-unsaturated/α-hetero) is 1. The summed E-state index contributed by atoms with van der Waals surface area (Å²) in [6, 6.07) is 19.5. The Kier molecular flexibility index (Phi) is 5.61. The molecule has 1 aromatic heterocycles. The Morgan fingerprint density at radius 1 is 1.04 bits per heavy atom. The van der Waals surface area contributed by atoms with Crippen LogP contribution in [0.3, 0.4) is 0 Å². The maximum absolute atomic E-state index is 12.6. The van der Waals surface area contributed by atoms with Crippen LogP contribution in [0.2, 0.25) is 0 Å². The van der Waals surface area contributed by atoms with Gasteiger partial charge >= 0.3 is 0 Å². The Labute approximate surface area is 152 Å². The number of nitrogens with two attached hydrogens (primary N) is 1. The molecule has 0 aliphatic carbocycles. The number of nitrogens with zero attached hydrogens (tertiary/aromatic N) is 1. The van der Waals surface area contributed by atoms with E-state index < -0.39 is 6.04 Å². The van der Waals surface area contributed by atoms with Crippen LogP contribution < -0.4 is 15.2 Å². The van der Waals surface area contributed by atoms with E-state index in [1.54, 1.807) is 42.6 Å². The molecule has 0 fully saturated rings. The highest BCUT2D eigenvalue weighted by atomic mass is 16.5. The van der Waals surface area contributed by atoms with E-state index in [9.17, 15) is 4.79 Å². The van der Waals surface area contributed by atoms with Crippen molar-refractivity contribution in [2.45, 2.75) is 12.6 Å². The number of pyridine rings is 1. The summed E-state index contributed by atoms with van der Waals surface area (Å²) in [5, 5.41) is 0. The summed E-state index contributed by atoms with van der Waals surface area (Å²) in [7, 11) is 1.54. The fourth-order valence-electron chi connectivity index (χ4n) is 2.48. The average Bonchev–Trinajstić information content (AvgIpc) is 2.72. The number of carbonyl (C=O) groups is 1. The number of carbonyl (C=O) groups excluding carboxylic acids is 1. The van der Waals surface area contributed by atoms with Crippen LogP contribution >= 0.6 is 0 Å². The molecule has 2 aromatic carbocycles. The topological polar surface area (TPSA) is 74.4 Å². The van der Waals surface area contributed by atoms with Crippen molar-refractivity contribution in [3.05, 3.63) is 89.6 Å². The van der Waals surface area contributed by atoms with Crippen LogP contribution in [-0.4, -0.2) is 17.9 Å². The highest BCUT2D eigenvalue weighted by molar-refractivity contribution is 6.00. The minimum Gasteiger partial charge on any atom is -0.489 e. The van der Waals surface area contributed by atoms with Gasteiger partial charge in [0.2, 0.25) is 5.88 Å². The van der Waals surface area contributed by atoms with Crippen molar-refractivity contribution in [3.8, 4) is 11.6 Å². The fraction of sp³-hybridized carbons (Fsp3) is 0.143. The lowest BCUT2D eigenvalue weighted by molar-refractivity contribution is 0.0961. The number of benzene rings is 2. The molecule has 0 saturated heterocycles. The molecule has 2 N–H and O–H groups in total. The molecular weight excluding hydrogens is 328 g/mol. The van der Waals surface area contributed by atoms with E-state index >= 15 is 0 Å². The van der Waals surface area contributed by atoms with Crippen LogP contribution in [0.1, 0.15) is 27.5 Å². The van der Waals surface area contributed by atoms with Crippen molar-refractivity contribution >= 4 is 5.78 Å². The molecule has 5 heteroatoms. The van der Waals surface area contributed by atoms with E-state index in [-0.39, 0.29) is 5.78 Å². The summed E-state index contributed by atoms with van der Waals surface area (Å²) >= 11 is 0. The van der Waals surface area contributed by atoms with Gasteiger partial charge in [-0.3, -0.25) is 4.79 Å². The Hall–Kier alpha value is -3.18. The molecule has 26 heavy (non-hydrogen) atoms. The highest BCUT2D eigenvalue weighted by Crippen LogP contribution is 2.20. The highest BCUT2D eigenvalue weighted by Gasteiger charge is 2.18. The fourth-order valence-corrected chi connectivity index (χ4v) is 2.48. The van der Waals surface area contributed by atoms with Crippen LogP contribution in [0, 0.1) is 0 Å². The summed E-state index contributed by atoms with van der Waals surface area (Å²) in [5.41, 5.74) is 8.33. The van der Waals surface area contributed by atoms with Gasteiger partial charge in [0.05, 0.1) is 13.2 Å². The predicted molar refractivity (Wildman–Crippen MR) is 99.3 cm³/mol. The molecule has 0 radical (unpaired) electrons. The zero-order chi connectivity index (χ0) is 18.4. The first-order chi connectivity index (χ1) is 12.7. The van der Waals surface area contributed by atoms with E-state index in [2.05, 4.69) is 4.98 Å². The van der Waals surface area contributed by atoms with Crippen LogP contribution in [0.15, 0.2) is 72.9 Å². The zero-order valence-corrected chi connectivity index (χ0v) is 14.5. The summed E-state index contributed by atoms with van der Waals surface area (Å²) in [5.74, 6) is 1.00. The van der Waals surface area contributed by atoms with E-state index in [0.717, 1.165) is 5.56 Å². The summed E-state index contributed by atoms with van der Waals surface area (Å²) in [6.07, 6.45) is 1.55. The van der Waals surface area contributed by atoms with E-state index in [0.29, 0.717) is 29.4 Å². The second kappa shape index (κ2) is 8.27. The van der Waals surface area contributed by atoms with Crippen molar-refractivity contribution in [2.24, 2.45) is 5.73 Å². The number of rotatable bonds is 7. The third-order valence-corrected chi connectivity index (χ3v) is 4.00. The molecule has 5 nitrogen and oxygen atoms in total. The Bertz CT molecular complexity index is 847. The van der Waals surface area contributed by atoms with Gasteiger partial charge in [0.15, 0.2) is 5.78 Å². The second-order valence-electron chi connectivity index (χ2n) is 5.77. The molecular formula is C21H20N2O3. The van der Waals surface area contributed by atoms with Gasteiger partial charge in [-0.2, -0.15) is 0 Å². The molecule has 132 valence electrons. The van der Waals surface area contributed by atoms with E-state index in [1.165, 1.54) is 7.11 Å². The molecule has 3 aromatic rings. The first-order valence-corrected chi connectivity index (χ1v) is 8.24. The summed E-state index contributed by atoms with van der Waals surface area (Å²) < 4.78 is 10.7. The quantitative estimate of drug-likeness (QED) is 0.661. The summed E-state index contributed by atoms with van der Waals surface area (Å²) in [4.78, 5) is 16.7. The Balaban J connectivity index is 1.64. The second-order valence-corrected chi connectivity index (χ2v) is 5.77. The lowest BCUT2D eigenvalue weighted by Gasteiger charge is -2.12. The van der Waals surface area contributed by atoms with Crippen LogP contribution in [0.25, 0.3) is 0 Å². The predicted octanol–water partition coefficient (Wildman–Crippen LogP) is 3.55. The molecule has 0 aliphatic rings. The largest absolute Gasteiger partial charge is 0.489 e. The van der Waals surface area contributed by atoms with Gasteiger partial charge < -0.3 is 15.2 Å². The van der Waals surface area contributed by atoms with Crippen LogP contribution in [0.5, 0.6) is 11.6 Å². The summed E-state index contributed by atoms with van der Waals surface area (Å²) in [6.45, 7) is 0.477. The lowest BCUT2D eigenvalue weighted by Crippen LogP contribution is -2.21. The van der Waals surface area contributed by atoms with Gasteiger partial charge in [-0.05, 0) is 35.4 Å². The third-order valence-electron chi connectivity index (χ3n) is 4.00. The van der Waals surface area contributed by atoms with Gasteiger partial charge in [0.1, 0.15) is 12.4 Å².